The first kappa shape index (κ1) is 15.5. The quantitative estimate of drug-likeness (QED) is 0.870. The molecular formula is C16H28N2O2. The second kappa shape index (κ2) is 7.25. The van der Waals surface area contributed by atoms with Crippen molar-refractivity contribution in [3.63, 3.8) is 0 Å². The normalized spacial score (nSPS) is 21.0. The minimum absolute atomic E-state index is 0.125. The van der Waals surface area contributed by atoms with Gasteiger partial charge in [0.1, 0.15) is 11.5 Å². The molecule has 0 spiro atoms. The molecule has 0 radical (unpaired) electrons. The van der Waals surface area contributed by atoms with Crippen LogP contribution in [0.25, 0.3) is 0 Å². The molecular weight excluding hydrogens is 252 g/mol. The summed E-state index contributed by atoms with van der Waals surface area (Å²) in [4.78, 5) is 2.48. The van der Waals surface area contributed by atoms with Gasteiger partial charge in [-0.05, 0) is 57.3 Å². The highest BCUT2D eigenvalue weighted by molar-refractivity contribution is 5.12. The molecule has 2 atom stereocenters. The Balaban J connectivity index is 2.05. The number of hydrogen-bond acceptors (Lipinski definition) is 4. The first-order valence-corrected chi connectivity index (χ1v) is 7.70. The van der Waals surface area contributed by atoms with E-state index in [1.54, 1.807) is 7.11 Å². The highest BCUT2D eigenvalue weighted by Crippen LogP contribution is 2.30. The van der Waals surface area contributed by atoms with Crippen LogP contribution in [-0.4, -0.2) is 37.7 Å². The lowest BCUT2D eigenvalue weighted by atomic mass is 9.93. The molecule has 0 amide bonds. The number of nitrogens with two attached hydrogens (primary N) is 1. The molecule has 1 fully saturated rings. The maximum absolute atomic E-state index is 6.36. The zero-order valence-corrected chi connectivity index (χ0v) is 13.0. The van der Waals surface area contributed by atoms with E-state index in [-0.39, 0.29) is 12.1 Å². The molecule has 0 aliphatic carbocycles. The van der Waals surface area contributed by atoms with Gasteiger partial charge in [0.2, 0.25) is 0 Å². The van der Waals surface area contributed by atoms with Crippen molar-refractivity contribution >= 4 is 0 Å². The van der Waals surface area contributed by atoms with Crippen LogP contribution in [0.5, 0.6) is 0 Å². The standard InChI is InChI=1S/C16H28N2O2/c1-4-14(17)16(15-6-5-12(2)20-15)18-9-7-13(8-10-18)11-19-3/h5-6,13-14,16H,4,7-11,17H2,1-3H3. The van der Waals surface area contributed by atoms with Gasteiger partial charge in [-0.25, -0.2) is 0 Å². The number of aryl methyl sites for hydroxylation is 1. The topological polar surface area (TPSA) is 51.6 Å². The smallest absolute Gasteiger partial charge is 0.122 e. The monoisotopic (exact) mass is 280 g/mol. The van der Waals surface area contributed by atoms with Crippen LogP contribution in [0.1, 0.15) is 43.7 Å². The second-order valence-electron chi connectivity index (χ2n) is 5.90. The lowest BCUT2D eigenvalue weighted by Crippen LogP contribution is -2.45. The number of piperidine rings is 1. The van der Waals surface area contributed by atoms with Crippen LogP contribution < -0.4 is 5.73 Å². The van der Waals surface area contributed by atoms with E-state index in [9.17, 15) is 0 Å². The summed E-state index contributed by atoms with van der Waals surface area (Å²) in [5.74, 6) is 2.66. The summed E-state index contributed by atoms with van der Waals surface area (Å²) >= 11 is 0. The highest BCUT2D eigenvalue weighted by atomic mass is 16.5. The summed E-state index contributed by atoms with van der Waals surface area (Å²) in [5, 5.41) is 0. The molecule has 1 aliphatic rings. The molecule has 1 aliphatic heterocycles. The molecule has 0 bridgehead atoms. The third kappa shape index (κ3) is 3.62. The molecule has 114 valence electrons. The van der Waals surface area contributed by atoms with E-state index in [1.165, 1.54) is 12.8 Å². The van der Waals surface area contributed by atoms with Crippen molar-refractivity contribution in [3.05, 3.63) is 23.7 Å². The average Bonchev–Trinajstić information content (AvgIpc) is 2.87. The van der Waals surface area contributed by atoms with Gasteiger partial charge >= 0.3 is 0 Å². The summed E-state index contributed by atoms with van der Waals surface area (Å²) < 4.78 is 11.1. The number of likely N-dealkylation sites (tertiary alicyclic amines) is 1. The van der Waals surface area contributed by atoms with Gasteiger partial charge in [0.25, 0.3) is 0 Å². The van der Waals surface area contributed by atoms with Gasteiger partial charge in [-0.15, -0.1) is 0 Å². The maximum atomic E-state index is 6.36. The molecule has 2 unspecified atom stereocenters. The highest BCUT2D eigenvalue weighted by Gasteiger charge is 2.31. The first-order chi connectivity index (χ1) is 9.65. The molecule has 4 heteroatoms. The Morgan fingerprint density at radius 3 is 2.60 bits per heavy atom. The Labute approximate surface area is 122 Å². The second-order valence-corrected chi connectivity index (χ2v) is 5.90. The van der Waals surface area contributed by atoms with Gasteiger partial charge in [-0.1, -0.05) is 6.92 Å². The van der Waals surface area contributed by atoms with Crippen molar-refractivity contribution < 1.29 is 9.15 Å². The van der Waals surface area contributed by atoms with E-state index in [1.807, 2.05) is 13.0 Å². The number of hydrogen-bond donors (Lipinski definition) is 1. The van der Waals surface area contributed by atoms with Gasteiger partial charge < -0.3 is 14.9 Å². The zero-order chi connectivity index (χ0) is 14.5. The van der Waals surface area contributed by atoms with Crippen molar-refractivity contribution in [2.45, 2.75) is 45.2 Å². The summed E-state index contributed by atoms with van der Waals surface area (Å²) in [5.41, 5.74) is 6.36. The van der Waals surface area contributed by atoms with Gasteiger partial charge in [0.15, 0.2) is 0 Å². The average molecular weight is 280 g/mol. The molecule has 2 rings (SSSR count). The van der Waals surface area contributed by atoms with Crippen LogP contribution in [0.2, 0.25) is 0 Å². The third-order valence-electron chi connectivity index (χ3n) is 4.37. The van der Waals surface area contributed by atoms with E-state index in [0.29, 0.717) is 5.92 Å². The third-order valence-corrected chi connectivity index (χ3v) is 4.37. The Kier molecular flexibility index (Phi) is 5.64. The zero-order valence-electron chi connectivity index (χ0n) is 13.0. The van der Waals surface area contributed by atoms with Crippen LogP contribution >= 0.6 is 0 Å². The van der Waals surface area contributed by atoms with Gasteiger partial charge in [-0.2, -0.15) is 0 Å². The minimum Gasteiger partial charge on any atom is -0.465 e. The molecule has 0 saturated carbocycles. The Bertz CT molecular complexity index is 397. The molecule has 1 aromatic heterocycles. The molecule has 2 N–H and O–H groups in total. The predicted molar refractivity (Wildman–Crippen MR) is 80.6 cm³/mol. The van der Waals surface area contributed by atoms with Crippen LogP contribution in [-0.2, 0) is 4.74 Å². The van der Waals surface area contributed by atoms with Crippen LogP contribution in [0.4, 0.5) is 0 Å². The first-order valence-electron chi connectivity index (χ1n) is 7.70. The summed E-state index contributed by atoms with van der Waals surface area (Å²) in [7, 11) is 1.79. The van der Waals surface area contributed by atoms with E-state index < -0.39 is 0 Å². The van der Waals surface area contributed by atoms with E-state index in [0.717, 1.165) is 37.6 Å². The van der Waals surface area contributed by atoms with Crippen molar-refractivity contribution in [1.82, 2.24) is 4.90 Å². The lowest BCUT2D eigenvalue weighted by molar-refractivity contribution is 0.0642. The van der Waals surface area contributed by atoms with Crippen molar-refractivity contribution in [2.24, 2.45) is 11.7 Å². The van der Waals surface area contributed by atoms with Crippen molar-refractivity contribution in [2.75, 3.05) is 26.8 Å². The lowest BCUT2D eigenvalue weighted by Gasteiger charge is -2.38. The van der Waals surface area contributed by atoms with E-state index in [4.69, 9.17) is 14.9 Å². The van der Waals surface area contributed by atoms with E-state index in [2.05, 4.69) is 17.9 Å². The fourth-order valence-corrected chi connectivity index (χ4v) is 3.13. The number of ether oxygens (including phenoxy) is 1. The summed E-state index contributed by atoms with van der Waals surface area (Å²) in [6.07, 6.45) is 3.32. The summed E-state index contributed by atoms with van der Waals surface area (Å²) in [6, 6.07) is 4.44. The molecule has 0 aromatic carbocycles. The summed E-state index contributed by atoms with van der Waals surface area (Å²) in [6.45, 7) is 7.16. The molecule has 20 heavy (non-hydrogen) atoms. The largest absolute Gasteiger partial charge is 0.465 e. The van der Waals surface area contributed by atoms with Crippen LogP contribution in [0.3, 0.4) is 0 Å². The molecule has 4 nitrogen and oxygen atoms in total. The molecule has 1 aromatic rings. The van der Waals surface area contributed by atoms with E-state index >= 15 is 0 Å². The van der Waals surface area contributed by atoms with Gasteiger partial charge in [-0.3, -0.25) is 4.90 Å². The van der Waals surface area contributed by atoms with Gasteiger partial charge in [0.05, 0.1) is 6.04 Å². The number of furan rings is 1. The number of rotatable bonds is 6. The van der Waals surface area contributed by atoms with Crippen molar-refractivity contribution in [3.8, 4) is 0 Å². The number of nitrogens with zero attached hydrogens (tertiary/aromatic N) is 1. The maximum Gasteiger partial charge on any atom is 0.122 e. The SMILES string of the molecule is CCC(N)C(c1ccc(C)o1)N1CCC(COC)CC1. The van der Waals surface area contributed by atoms with Crippen LogP contribution in [0.15, 0.2) is 16.5 Å². The fraction of sp³-hybridized carbons (Fsp3) is 0.750. The number of methoxy groups -OCH3 is 1. The predicted octanol–water partition coefficient (Wildman–Crippen LogP) is 2.72. The Morgan fingerprint density at radius 2 is 2.10 bits per heavy atom. The van der Waals surface area contributed by atoms with Gasteiger partial charge in [0, 0.05) is 19.8 Å². The minimum atomic E-state index is 0.125. The molecule has 2 heterocycles. The Morgan fingerprint density at radius 1 is 1.40 bits per heavy atom. The Hall–Kier alpha value is -0.840. The van der Waals surface area contributed by atoms with Crippen LogP contribution in [0, 0.1) is 12.8 Å². The molecule has 1 saturated heterocycles. The fourth-order valence-electron chi connectivity index (χ4n) is 3.13. The van der Waals surface area contributed by atoms with Crippen molar-refractivity contribution in [1.29, 1.82) is 0 Å².